The number of methoxy groups -OCH3 is 1. The maximum Gasteiger partial charge on any atom is 0.309 e. The first kappa shape index (κ1) is 8.31. The molecule has 0 aliphatic heterocycles. The Labute approximate surface area is 67.2 Å². The van der Waals surface area contributed by atoms with Crippen LogP contribution in [0.5, 0.6) is 0 Å². The first-order valence-electron chi connectivity index (χ1n) is 3.88. The van der Waals surface area contributed by atoms with Gasteiger partial charge in [-0.2, -0.15) is 0 Å². The lowest BCUT2D eigenvalue weighted by Crippen LogP contribution is -2.03. The molecule has 0 unspecified atom stereocenters. The van der Waals surface area contributed by atoms with E-state index in [-0.39, 0.29) is 11.9 Å². The van der Waals surface area contributed by atoms with Crippen LogP contribution in [0, 0.1) is 11.8 Å². The molecule has 1 fully saturated rings. The van der Waals surface area contributed by atoms with Gasteiger partial charge in [0.15, 0.2) is 0 Å². The minimum atomic E-state index is -0.0625. The van der Waals surface area contributed by atoms with Gasteiger partial charge in [0.2, 0.25) is 0 Å². The fourth-order valence-corrected chi connectivity index (χ4v) is 1.25. The SMILES string of the molecule is COC(=O)[C@@H]1C[C@@H]1C=C(C)C. The third kappa shape index (κ3) is 2.07. The molecule has 1 rings (SSSR count). The van der Waals surface area contributed by atoms with E-state index in [0.717, 1.165) is 6.42 Å². The molecule has 0 bridgehead atoms. The van der Waals surface area contributed by atoms with E-state index in [1.165, 1.54) is 12.7 Å². The number of rotatable bonds is 2. The Morgan fingerprint density at radius 1 is 1.55 bits per heavy atom. The Morgan fingerprint density at radius 3 is 2.64 bits per heavy atom. The highest BCUT2D eigenvalue weighted by molar-refractivity contribution is 5.76. The van der Waals surface area contributed by atoms with Crippen LogP contribution in [-0.4, -0.2) is 13.1 Å². The average Bonchev–Trinajstić information content (AvgIpc) is 2.65. The second kappa shape index (κ2) is 3.07. The molecule has 0 radical (unpaired) electrons. The second-order valence-corrected chi connectivity index (χ2v) is 3.27. The van der Waals surface area contributed by atoms with Gasteiger partial charge < -0.3 is 4.74 Å². The molecule has 0 aromatic heterocycles. The normalized spacial score (nSPS) is 27.5. The van der Waals surface area contributed by atoms with Crippen molar-refractivity contribution in [3.05, 3.63) is 11.6 Å². The number of carbonyl (C=O) groups is 1. The van der Waals surface area contributed by atoms with Crippen LogP contribution in [0.25, 0.3) is 0 Å². The molecular weight excluding hydrogens is 140 g/mol. The number of allylic oxidation sites excluding steroid dienone is 2. The summed E-state index contributed by atoms with van der Waals surface area (Å²) >= 11 is 0. The zero-order valence-corrected chi connectivity index (χ0v) is 7.26. The molecule has 1 aliphatic rings. The van der Waals surface area contributed by atoms with Gasteiger partial charge in [0.1, 0.15) is 0 Å². The molecule has 0 spiro atoms. The van der Waals surface area contributed by atoms with E-state index in [1.54, 1.807) is 0 Å². The van der Waals surface area contributed by atoms with Gasteiger partial charge in [-0.05, 0) is 26.2 Å². The van der Waals surface area contributed by atoms with Crippen molar-refractivity contribution in [1.82, 2.24) is 0 Å². The van der Waals surface area contributed by atoms with Gasteiger partial charge in [-0.3, -0.25) is 4.79 Å². The number of ether oxygens (including phenoxy) is 1. The van der Waals surface area contributed by atoms with Crippen LogP contribution < -0.4 is 0 Å². The predicted octanol–water partition coefficient (Wildman–Crippen LogP) is 1.76. The predicted molar refractivity (Wildman–Crippen MR) is 43.0 cm³/mol. The highest BCUT2D eigenvalue weighted by Gasteiger charge is 2.42. The van der Waals surface area contributed by atoms with Crippen LogP contribution in [-0.2, 0) is 9.53 Å². The van der Waals surface area contributed by atoms with E-state index in [0.29, 0.717) is 5.92 Å². The van der Waals surface area contributed by atoms with Crippen molar-refractivity contribution in [2.45, 2.75) is 20.3 Å². The molecule has 1 saturated carbocycles. The summed E-state index contributed by atoms with van der Waals surface area (Å²) in [4.78, 5) is 10.9. The van der Waals surface area contributed by atoms with E-state index in [1.807, 2.05) is 13.8 Å². The van der Waals surface area contributed by atoms with Crippen LogP contribution in [0.1, 0.15) is 20.3 Å². The standard InChI is InChI=1S/C9H14O2/c1-6(2)4-7-5-8(7)9(10)11-3/h4,7-8H,5H2,1-3H3/t7-,8+/m0/s1. The summed E-state index contributed by atoms with van der Waals surface area (Å²) in [5, 5.41) is 0. The fraction of sp³-hybridized carbons (Fsp3) is 0.667. The molecule has 0 aromatic carbocycles. The van der Waals surface area contributed by atoms with Crippen molar-refractivity contribution in [2.75, 3.05) is 7.11 Å². The van der Waals surface area contributed by atoms with Crippen molar-refractivity contribution in [1.29, 1.82) is 0 Å². The molecule has 2 atom stereocenters. The van der Waals surface area contributed by atoms with Crippen molar-refractivity contribution in [2.24, 2.45) is 11.8 Å². The lowest BCUT2D eigenvalue weighted by molar-refractivity contribution is -0.142. The average molecular weight is 154 g/mol. The topological polar surface area (TPSA) is 26.3 Å². The summed E-state index contributed by atoms with van der Waals surface area (Å²) in [5.74, 6) is 0.537. The zero-order valence-electron chi connectivity index (χ0n) is 7.26. The smallest absolute Gasteiger partial charge is 0.309 e. The zero-order chi connectivity index (χ0) is 8.43. The Balaban J connectivity index is 2.38. The first-order chi connectivity index (χ1) is 5.15. The van der Waals surface area contributed by atoms with Gasteiger partial charge in [0, 0.05) is 0 Å². The van der Waals surface area contributed by atoms with Crippen molar-refractivity contribution >= 4 is 5.97 Å². The molecular formula is C9H14O2. The van der Waals surface area contributed by atoms with Gasteiger partial charge in [-0.15, -0.1) is 0 Å². The number of carbonyl (C=O) groups excluding carboxylic acids is 1. The van der Waals surface area contributed by atoms with Gasteiger partial charge in [0.25, 0.3) is 0 Å². The number of hydrogen-bond acceptors (Lipinski definition) is 2. The van der Waals surface area contributed by atoms with Crippen LogP contribution in [0.15, 0.2) is 11.6 Å². The van der Waals surface area contributed by atoms with Gasteiger partial charge in [-0.25, -0.2) is 0 Å². The summed E-state index contributed by atoms with van der Waals surface area (Å²) in [6.07, 6.45) is 3.11. The molecule has 0 N–H and O–H groups in total. The molecule has 0 heterocycles. The van der Waals surface area contributed by atoms with E-state index in [4.69, 9.17) is 0 Å². The molecule has 62 valence electrons. The largest absolute Gasteiger partial charge is 0.469 e. The third-order valence-corrected chi connectivity index (χ3v) is 1.89. The quantitative estimate of drug-likeness (QED) is 0.447. The highest BCUT2D eigenvalue weighted by Crippen LogP contribution is 2.41. The van der Waals surface area contributed by atoms with Crippen LogP contribution in [0.3, 0.4) is 0 Å². The summed E-state index contributed by atoms with van der Waals surface area (Å²) in [6, 6.07) is 0. The summed E-state index contributed by atoms with van der Waals surface area (Å²) in [7, 11) is 1.44. The Morgan fingerprint density at radius 2 is 2.18 bits per heavy atom. The van der Waals surface area contributed by atoms with Crippen molar-refractivity contribution in [3.8, 4) is 0 Å². The Kier molecular flexibility index (Phi) is 2.32. The molecule has 2 nitrogen and oxygen atoms in total. The maximum absolute atomic E-state index is 10.9. The van der Waals surface area contributed by atoms with Crippen molar-refractivity contribution < 1.29 is 9.53 Å². The van der Waals surface area contributed by atoms with E-state index in [2.05, 4.69) is 10.8 Å². The van der Waals surface area contributed by atoms with E-state index in [9.17, 15) is 4.79 Å². The molecule has 2 heteroatoms. The van der Waals surface area contributed by atoms with Crippen LogP contribution in [0.4, 0.5) is 0 Å². The summed E-state index contributed by atoms with van der Waals surface area (Å²) < 4.78 is 4.62. The van der Waals surface area contributed by atoms with Crippen LogP contribution >= 0.6 is 0 Å². The summed E-state index contributed by atoms with van der Waals surface area (Å²) in [5.41, 5.74) is 1.28. The first-order valence-corrected chi connectivity index (χ1v) is 3.88. The molecule has 0 saturated heterocycles. The monoisotopic (exact) mass is 154 g/mol. The number of esters is 1. The second-order valence-electron chi connectivity index (χ2n) is 3.27. The summed E-state index contributed by atoms with van der Waals surface area (Å²) in [6.45, 7) is 4.10. The minimum Gasteiger partial charge on any atom is -0.469 e. The molecule has 0 amide bonds. The maximum atomic E-state index is 10.9. The van der Waals surface area contributed by atoms with Gasteiger partial charge in [-0.1, -0.05) is 11.6 Å². The Hall–Kier alpha value is -0.790. The molecule has 11 heavy (non-hydrogen) atoms. The molecule has 0 aromatic rings. The van der Waals surface area contributed by atoms with E-state index >= 15 is 0 Å². The molecule has 1 aliphatic carbocycles. The van der Waals surface area contributed by atoms with Crippen molar-refractivity contribution in [3.63, 3.8) is 0 Å². The number of hydrogen-bond donors (Lipinski definition) is 0. The van der Waals surface area contributed by atoms with Crippen LogP contribution in [0.2, 0.25) is 0 Å². The fourth-order valence-electron chi connectivity index (χ4n) is 1.25. The third-order valence-electron chi connectivity index (χ3n) is 1.89. The van der Waals surface area contributed by atoms with Gasteiger partial charge in [0.05, 0.1) is 13.0 Å². The Bertz CT molecular complexity index is 190. The lowest BCUT2D eigenvalue weighted by atomic mass is 10.2. The lowest BCUT2D eigenvalue weighted by Gasteiger charge is -1.93. The van der Waals surface area contributed by atoms with Gasteiger partial charge >= 0.3 is 5.97 Å². The minimum absolute atomic E-state index is 0.0625. The van der Waals surface area contributed by atoms with E-state index < -0.39 is 0 Å². The highest BCUT2D eigenvalue weighted by atomic mass is 16.5.